The SMILES string of the molecule is COC(=O)Oc1nc2n(c1C)-c1ccc(Cl)cc1C(c1ccccc1F)=NC2. The van der Waals surface area contributed by atoms with E-state index in [1.165, 1.54) is 13.2 Å². The summed E-state index contributed by atoms with van der Waals surface area (Å²) in [7, 11) is 1.22. The van der Waals surface area contributed by atoms with Crippen LogP contribution < -0.4 is 4.74 Å². The molecule has 0 amide bonds. The Kier molecular flexibility index (Phi) is 4.60. The Hall–Kier alpha value is -3.19. The minimum absolute atomic E-state index is 0.132. The largest absolute Gasteiger partial charge is 0.514 e. The molecule has 1 aliphatic heterocycles. The van der Waals surface area contributed by atoms with Crippen molar-refractivity contribution in [3.05, 3.63) is 75.9 Å². The molecule has 28 heavy (non-hydrogen) atoms. The molecule has 1 aliphatic rings. The number of carbonyl (C=O) groups excluding carboxylic acids is 1. The third-order valence-corrected chi connectivity index (χ3v) is 4.68. The van der Waals surface area contributed by atoms with Gasteiger partial charge in [-0.15, -0.1) is 0 Å². The molecule has 0 atom stereocenters. The molecule has 0 spiro atoms. The lowest BCUT2D eigenvalue weighted by Crippen LogP contribution is -2.11. The first kappa shape index (κ1) is 18.2. The van der Waals surface area contributed by atoms with E-state index in [1.807, 2.05) is 4.57 Å². The second-order valence-corrected chi connectivity index (χ2v) is 6.55. The van der Waals surface area contributed by atoms with Crippen LogP contribution in [0.5, 0.6) is 5.88 Å². The van der Waals surface area contributed by atoms with E-state index < -0.39 is 6.16 Å². The van der Waals surface area contributed by atoms with Gasteiger partial charge in [0, 0.05) is 16.1 Å². The van der Waals surface area contributed by atoms with Crippen molar-refractivity contribution in [2.45, 2.75) is 13.5 Å². The van der Waals surface area contributed by atoms with Gasteiger partial charge in [0.1, 0.15) is 11.6 Å². The lowest BCUT2D eigenvalue weighted by atomic mass is 10.00. The maximum Gasteiger partial charge on any atom is 0.514 e. The highest BCUT2D eigenvalue weighted by molar-refractivity contribution is 6.31. The van der Waals surface area contributed by atoms with Crippen LogP contribution >= 0.6 is 11.6 Å². The minimum atomic E-state index is -0.858. The van der Waals surface area contributed by atoms with Gasteiger partial charge in [0.2, 0.25) is 5.88 Å². The number of aliphatic imine (C=N–C) groups is 1. The molecule has 4 rings (SSSR count). The van der Waals surface area contributed by atoms with Crippen LogP contribution in [0, 0.1) is 12.7 Å². The first-order valence-corrected chi connectivity index (χ1v) is 8.81. The zero-order valence-electron chi connectivity index (χ0n) is 15.1. The predicted octanol–water partition coefficient (Wildman–Crippen LogP) is 4.47. The Bertz CT molecular complexity index is 1120. The fourth-order valence-electron chi connectivity index (χ4n) is 3.19. The monoisotopic (exact) mass is 399 g/mol. The smallest absolute Gasteiger partial charge is 0.437 e. The standard InChI is InChI=1S/C20H15ClFN3O3/c1-11-19(28-20(26)27-2)24-17-10-23-18(13-5-3-4-6-15(13)22)14-9-12(21)7-8-16(14)25(11)17/h3-9H,10H2,1-2H3. The van der Waals surface area contributed by atoms with Crippen molar-refractivity contribution in [2.24, 2.45) is 4.99 Å². The summed E-state index contributed by atoms with van der Waals surface area (Å²) in [5.74, 6) is 0.303. The van der Waals surface area contributed by atoms with E-state index in [-0.39, 0.29) is 18.2 Å². The van der Waals surface area contributed by atoms with Crippen LogP contribution in [0.1, 0.15) is 22.6 Å². The lowest BCUT2D eigenvalue weighted by molar-refractivity contribution is 0.119. The summed E-state index contributed by atoms with van der Waals surface area (Å²) in [6.07, 6.45) is -0.858. The zero-order chi connectivity index (χ0) is 19.8. The highest BCUT2D eigenvalue weighted by Gasteiger charge is 2.26. The lowest BCUT2D eigenvalue weighted by Gasteiger charge is -2.14. The van der Waals surface area contributed by atoms with Crippen LogP contribution in [0.15, 0.2) is 47.5 Å². The number of carbonyl (C=O) groups is 1. The fraction of sp³-hybridized carbons (Fsp3) is 0.150. The number of nitrogens with zero attached hydrogens (tertiary/aromatic N) is 3. The number of ether oxygens (including phenoxy) is 2. The normalized spacial score (nSPS) is 12.5. The van der Waals surface area contributed by atoms with Crippen LogP contribution in [0.4, 0.5) is 9.18 Å². The first-order valence-electron chi connectivity index (χ1n) is 8.43. The molecule has 1 aromatic heterocycles. The molecule has 142 valence electrons. The summed E-state index contributed by atoms with van der Waals surface area (Å²) in [6.45, 7) is 1.93. The van der Waals surface area contributed by atoms with Gasteiger partial charge in [-0.2, -0.15) is 4.98 Å². The molecule has 3 aromatic rings. The third-order valence-electron chi connectivity index (χ3n) is 4.44. The van der Waals surface area contributed by atoms with Crippen molar-refractivity contribution >= 4 is 23.5 Å². The summed E-state index contributed by atoms with van der Waals surface area (Å²) in [5, 5.41) is 0.495. The van der Waals surface area contributed by atoms with Crippen molar-refractivity contribution in [1.29, 1.82) is 0 Å². The van der Waals surface area contributed by atoms with Crippen LogP contribution in [0.2, 0.25) is 5.02 Å². The number of benzene rings is 2. The van der Waals surface area contributed by atoms with Gasteiger partial charge in [-0.25, -0.2) is 9.18 Å². The maximum atomic E-state index is 14.5. The quantitative estimate of drug-likeness (QED) is 0.596. The second-order valence-electron chi connectivity index (χ2n) is 6.12. The van der Waals surface area contributed by atoms with Crippen LogP contribution in [0.3, 0.4) is 0 Å². The highest BCUT2D eigenvalue weighted by Crippen LogP contribution is 2.32. The molecule has 0 aliphatic carbocycles. The van der Waals surface area contributed by atoms with E-state index in [0.29, 0.717) is 39.1 Å². The fourth-order valence-corrected chi connectivity index (χ4v) is 3.36. The number of aromatic nitrogens is 2. The molecule has 2 heterocycles. The average Bonchev–Trinajstić information content (AvgIpc) is 2.89. The van der Waals surface area contributed by atoms with Crippen molar-refractivity contribution < 1.29 is 18.7 Å². The van der Waals surface area contributed by atoms with E-state index >= 15 is 0 Å². The van der Waals surface area contributed by atoms with Crippen LogP contribution in [-0.2, 0) is 11.3 Å². The van der Waals surface area contributed by atoms with Crippen molar-refractivity contribution in [1.82, 2.24) is 9.55 Å². The summed E-state index contributed by atoms with van der Waals surface area (Å²) < 4.78 is 26.0. The van der Waals surface area contributed by atoms with Gasteiger partial charge < -0.3 is 9.47 Å². The van der Waals surface area contributed by atoms with Gasteiger partial charge in [0.25, 0.3) is 0 Å². The summed E-state index contributed by atoms with van der Waals surface area (Å²) in [4.78, 5) is 20.5. The molecule has 0 unspecified atom stereocenters. The molecular formula is C20H15ClFN3O3. The number of hydrogen-bond acceptors (Lipinski definition) is 5. The van der Waals surface area contributed by atoms with E-state index in [0.717, 1.165) is 0 Å². The molecule has 0 N–H and O–H groups in total. The Morgan fingerprint density at radius 2 is 2.00 bits per heavy atom. The molecule has 0 bridgehead atoms. The van der Waals surface area contributed by atoms with E-state index in [9.17, 15) is 9.18 Å². The number of fused-ring (bicyclic) bond motifs is 3. The zero-order valence-corrected chi connectivity index (χ0v) is 15.8. The first-order chi connectivity index (χ1) is 13.5. The van der Waals surface area contributed by atoms with Gasteiger partial charge in [-0.05, 0) is 37.3 Å². The van der Waals surface area contributed by atoms with Gasteiger partial charge >= 0.3 is 6.16 Å². The number of methoxy groups -OCH3 is 1. The predicted molar refractivity (Wildman–Crippen MR) is 102 cm³/mol. The Labute approximate surface area is 165 Å². The molecule has 0 saturated heterocycles. The Balaban J connectivity index is 1.92. The van der Waals surface area contributed by atoms with Gasteiger partial charge in [0.05, 0.1) is 30.7 Å². The summed E-state index contributed by atoms with van der Waals surface area (Å²) in [5.41, 5.74) is 2.82. The topological polar surface area (TPSA) is 65.7 Å². The van der Waals surface area contributed by atoms with Crippen molar-refractivity contribution in [3.63, 3.8) is 0 Å². The van der Waals surface area contributed by atoms with Crippen LogP contribution in [0.25, 0.3) is 5.69 Å². The average molecular weight is 400 g/mol. The van der Waals surface area contributed by atoms with E-state index in [2.05, 4.69) is 14.7 Å². The highest BCUT2D eigenvalue weighted by atomic mass is 35.5. The molecule has 0 saturated carbocycles. The molecular weight excluding hydrogens is 385 g/mol. The minimum Gasteiger partial charge on any atom is -0.437 e. The molecule has 6 nitrogen and oxygen atoms in total. The number of imidazole rings is 1. The number of rotatable bonds is 2. The maximum absolute atomic E-state index is 14.5. The van der Waals surface area contributed by atoms with Crippen molar-refractivity contribution in [3.8, 4) is 11.6 Å². The summed E-state index contributed by atoms with van der Waals surface area (Å²) >= 11 is 6.22. The number of hydrogen-bond donors (Lipinski definition) is 0. The summed E-state index contributed by atoms with van der Waals surface area (Å²) in [6, 6.07) is 11.7. The Morgan fingerprint density at radius 3 is 2.75 bits per heavy atom. The molecule has 8 heteroatoms. The van der Waals surface area contributed by atoms with Crippen molar-refractivity contribution in [2.75, 3.05) is 7.11 Å². The number of halogens is 2. The van der Waals surface area contributed by atoms with Crippen LogP contribution in [-0.4, -0.2) is 28.5 Å². The Morgan fingerprint density at radius 1 is 1.21 bits per heavy atom. The second kappa shape index (κ2) is 7.09. The molecule has 0 radical (unpaired) electrons. The van der Waals surface area contributed by atoms with Gasteiger partial charge in [0.15, 0.2) is 0 Å². The molecule has 0 fully saturated rings. The van der Waals surface area contributed by atoms with E-state index in [4.69, 9.17) is 16.3 Å². The van der Waals surface area contributed by atoms with Gasteiger partial charge in [-0.1, -0.05) is 23.7 Å². The van der Waals surface area contributed by atoms with Gasteiger partial charge in [-0.3, -0.25) is 9.56 Å². The third kappa shape index (κ3) is 3.03. The van der Waals surface area contributed by atoms with E-state index in [1.54, 1.807) is 43.3 Å². The molecule has 2 aromatic carbocycles.